The molecule has 1 fully saturated rings. The van der Waals surface area contributed by atoms with Gasteiger partial charge in [-0.2, -0.15) is 0 Å². The van der Waals surface area contributed by atoms with E-state index in [0.29, 0.717) is 18.3 Å². The van der Waals surface area contributed by atoms with Crippen molar-refractivity contribution in [3.63, 3.8) is 0 Å². The predicted molar refractivity (Wildman–Crippen MR) is 118 cm³/mol. The summed E-state index contributed by atoms with van der Waals surface area (Å²) in [7, 11) is 1.67. The molecule has 3 aromatic rings. The van der Waals surface area contributed by atoms with Gasteiger partial charge >= 0.3 is 0 Å². The Bertz CT molecular complexity index is 976. The van der Waals surface area contributed by atoms with Crippen molar-refractivity contribution in [1.82, 2.24) is 14.9 Å². The highest BCUT2D eigenvalue weighted by molar-refractivity contribution is 5.91. The van der Waals surface area contributed by atoms with Crippen LogP contribution in [0.5, 0.6) is 5.75 Å². The summed E-state index contributed by atoms with van der Waals surface area (Å²) < 4.78 is 5.24. The van der Waals surface area contributed by atoms with Crippen molar-refractivity contribution in [3.05, 3.63) is 72.6 Å². The SMILES string of the molecule is COc1ccc(-c2cccc([C@H]3CCCN(CC(=O)Nc4ccccn4)C3)n2)cc1. The van der Waals surface area contributed by atoms with Crippen LogP contribution in [0.1, 0.15) is 24.5 Å². The van der Waals surface area contributed by atoms with E-state index in [-0.39, 0.29) is 5.91 Å². The van der Waals surface area contributed by atoms with Crippen molar-refractivity contribution in [2.24, 2.45) is 0 Å². The van der Waals surface area contributed by atoms with Crippen molar-refractivity contribution in [2.45, 2.75) is 18.8 Å². The molecule has 1 N–H and O–H groups in total. The molecule has 1 amide bonds. The number of piperidine rings is 1. The normalized spacial score (nSPS) is 16.8. The molecule has 3 heterocycles. The van der Waals surface area contributed by atoms with Gasteiger partial charge in [0.2, 0.25) is 5.91 Å². The van der Waals surface area contributed by atoms with Crippen molar-refractivity contribution >= 4 is 11.7 Å². The molecule has 1 saturated heterocycles. The van der Waals surface area contributed by atoms with Crippen LogP contribution in [0.3, 0.4) is 0 Å². The maximum atomic E-state index is 12.4. The number of rotatable bonds is 6. The quantitative estimate of drug-likeness (QED) is 0.676. The zero-order valence-corrected chi connectivity index (χ0v) is 17.1. The zero-order chi connectivity index (χ0) is 20.8. The number of aromatic nitrogens is 2. The van der Waals surface area contributed by atoms with E-state index in [1.54, 1.807) is 19.4 Å². The summed E-state index contributed by atoms with van der Waals surface area (Å²) in [5.74, 6) is 1.71. The highest BCUT2D eigenvalue weighted by Gasteiger charge is 2.24. The molecule has 0 bridgehead atoms. The van der Waals surface area contributed by atoms with Gasteiger partial charge < -0.3 is 10.1 Å². The largest absolute Gasteiger partial charge is 0.497 e. The number of amides is 1. The second-order valence-corrected chi connectivity index (χ2v) is 7.51. The number of benzene rings is 1. The molecule has 30 heavy (non-hydrogen) atoms. The number of pyridine rings is 2. The van der Waals surface area contributed by atoms with Crippen LogP contribution in [0.4, 0.5) is 5.82 Å². The Morgan fingerprint density at radius 2 is 2.00 bits per heavy atom. The first-order valence-electron chi connectivity index (χ1n) is 10.3. The molecule has 1 aromatic carbocycles. The minimum Gasteiger partial charge on any atom is -0.497 e. The zero-order valence-electron chi connectivity index (χ0n) is 17.1. The molecule has 154 valence electrons. The third kappa shape index (κ3) is 5.02. The number of methoxy groups -OCH3 is 1. The van der Waals surface area contributed by atoms with Crippen LogP contribution in [0, 0.1) is 0 Å². The van der Waals surface area contributed by atoms with E-state index >= 15 is 0 Å². The number of carbonyl (C=O) groups excluding carboxylic acids is 1. The second-order valence-electron chi connectivity index (χ2n) is 7.51. The topological polar surface area (TPSA) is 67.3 Å². The van der Waals surface area contributed by atoms with E-state index in [4.69, 9.17) is 9.72 Å². The third-order valence-electron chi connectivity index (χ3n) is 5.38. The summed E-state index contributed by atoms with van der Waals surface area (Å²) in [6.45, 7) is 2.12. The molecule has 0 spiro atoms. The molecule has 0 unspecified atom stereocenters. The van der Waals surface area contributed by atoms with Gasteiger partial charge in [0.1, 0.15) is 11.6 Å². The molecule has 6 heteroatoms. The Labute approximate surface area is 176 Å². The van der Waals surface area contributed by atoms with Gasteiger partial charge in [-0.1, -0.05) is 12.1 Å². The maximum absolute atomic E-state index is 12.4. The molecular weight excluding hydrogens is 376 g/mol. The highest BCUT2D eigenvalue weighted by atomic mass is 16.5. The maximum Gasteiger partial charge on any atom is 0.239 e. The molecule has 1 atom stereocenters. The lowest BCUT2D eigenvalue weighted by Gasteiger charge is -2.32. The first kappa shape index (κ1) is 20.0. The van der Waals surface area contributed by atoms with Crippen molar-refractivity contribution in [2.75, 3.05) is 32.1 Å². The molecule has 2 aromatic heterocycles. The van der Waals surface area contributed by atoms with Gasteiger partial charge in [-0.15, -0.1) is 0 Å². The van der Waals surface area contributed by atoms with Crippen molar-refractivity contribution in [1.29, 1.82) is 0 Å². The van der Waals surface area contributed by atoms with E-state index in [2.05, 4.69) is 27.3 Å². The van der Waals surface area contributed by atoms with Gasteiger partial charge in [0.15, 0.2) is 0 Å². The van der Waals surface area contributed by atoms with Crippen LogP contribution >= 0.6 is 0 Å². The summed E-state index contributed by atoms with van der Waals surface area (Å²) >= 11 is 0. The second kappa shape index (κ2) is 9.50. The summed E-state index contributed by atoms with van der Waals surface area (Å²) in [5, 5.41) is 2.87. The number of hydrogen-bond acceptors (Lipinski definition) is 5. The Kier molecular flexibility index (Phi) is 6.35. The molecule has 0 aliphatic carbocycles. The Hall–Kier alpha value is -3.25. The van der Waals surface area contributed by atoms with E-state index in [1.807, 2.05) is 42.5 Å². The average molecular weight is 402 g/mol. The molecule has 6 nitrogen and oxygen atoms in total. The van der Waals surface area contributed by atoms with E-state index in [1.165, 1.54) is 0 Å². The number of carbonyl (C=O) groups is 1. The predicted octanol–water partition coefficient (Wildman–Crippen LogP) is 3.97. The lowest BCUT2D eigenvalue weighted by atomic mass is 9.94. The molecule has 4 rings (SSSR count). The van der Waals surface area contributed by atoms with Crippen molar-refractivity contribution < 1.29 is 9.53 Å². The first-order valence-corrected chi connectivity index (χ1v) is 10.3. The fraction of sp³-hybridized carbons (Fsp3) is 0.292. The monoisotopic (exact) mass is 402 g/mol. The third-order valence-corrected chi connectivity index (χ3v) is 5.38. The van der Waals surface area contributed by atoms with Crippen LogP contribution in [0.25, 0.3) is 11.3 Å². The minimum atomic E-state index is -0.0331. The van der Waals surface area contributed by atoms with Gasteiger partial charge in [0.25, 0.3) is 0 Å². The fourth-order valence-electron chi connectivity index (χ4n) is 3.86. The van der Waals surface area contributed by atoms with Gasteiger partial charge in [-0.05, 0) is 67.9 Å². The van der Waals surface area contributed by atoms with Crippen LogP contribution in [-0.2, 0) is 4.79 Å². The van der Waals surface area contributed by atoms with Gasteiger partial charge in [-0.3, -0.25) is 14.7 Å². The number of ether oxygens (including phenoxy) is 1. The van der Waals surface area contributed by atoms with Crippen LogP contribution in [0.15, 0.2) is 66.9 Å². The minimum absolute atomic E-state index is 0.0331. The smallest absolute Gasteiger partial charge is 0.239 e. The van der Waals surface area contributed by atoms with Gasteiger partial charge in [-0.25, -0.2) is 4.98 Å². The number of hydrogen-bond donors (Lipinski definition) is 1. The Morgan fingerprint density at radius 1 is 1.13 bits per heavy atom. The highest BCUT2D eigenvalue weighted by Crippen LogP contribution is 2.28. The molecule has 1 aliphatic rings. The molecule has 1 aliphatic heterocycles. The number of anilines is 1. The summed E-state index contributed by atoms with van der Waals surface area (Å²) in [5.41, 5.74) is 3.11. The van der Waals surface area contributed by atoms with E-state index < -0.39 is 0 Å². The standard InChI is InChI=1S/C24H26N4O2/c1-30-20-12-10-18(11-13-20)21-7-4-8-22(26-21)19-6-5-15-28(16-19)17-24(29)27-23-9-2-3-14-25-23/h2-4,7-14,19H,5-6,15-17H2,1H3,(H,25,27,29)/t19-/m0/s1. The van der Waals surface area contributed by atoms with Gasteiger partial charge in [0, 0.05) is 29.9 Å². The average Bonchev–Trinajstić information content (AvgIpc) is 2.80. The summed E-state index contributed by atoms with van der Waals surface area (Å²) in [4.78, 5) is 23.7. The van der Waals surface area contributed by atoms with Crippen molar-refractivity contribution in [3.8, 4) is 17.0 Å². The number of nitrogens with zero attached hydrogens (tertiary/aromatic N) is 3. The lowest BCUT2D eigenvalue weighted by Crippen LogP contribution is -2.40. The fourth-order valence-corrected chi connectivity index (χ4v) is 3.86. The van der Waals surface area contributed by atoms with E-state index in [0.717, 1.165) is 48.6 Å². The molecule has 0 radical (unpaired) electrons. The number of likely N-dealkylation sites (tertiary alicyclic amines) is 1. The lowest BCUT2D eigenvalue weighted by molar-refractivity contribution is -0.117. The van der Waals surface area contributed by atoms with Crippen LogP contribution < -0.4 is 10.1 Å². The van der Waals surface area contributed by atoms with Gasteiger partial charge in [0.05, 0.1) is 19.3 Å². The first-order chi connectivity index (χ1) is 14.7. The molecular formula is C24H26N4O2. The molecule has 0 saturated carbocycles. The van der Waals surface area contributed by atoms with E-state index in [9.17, 15) is 4.79 Å². The Morgan fingerprint density at radius 3 is 2.77 bits per heavy atom. The van der Waals surface area contributed by atoms with Crippen LogP contribution in [0.2, 0.25) is 0 Å². The summed E-state index contributed by atoms with van der Waals surface area (Å²) in [6.07, 6.45) is 3.81. The summed E-state index contributed by atoms with van der Waals surface area (Å²) in [6, 6.07) is 19.6. The Balaban J connectivity index is 1.41. The van der Waals surface area contributed by atoms with Crippen LogP contribution in [-0.4, -0.2) is 47.5 Å². The number of nitrogens with one attached hydrogen (secondary N) is 1.